The van der Waals surface area contributed by atoms with Crippen molar-refractivity contribution < 1.29 is 25.2 Å². The van der Waals surface area contributed by atoms with E-state index in [4.69, 9.17) is 0 Å². The maximum absolute atomic E-state index is 13.0. The Morgan fingerprint density at radius 2 is 1.18 bits per heavy atom. The molecule has 0 saturated carbocycles. The zero-order chi connectivity index (χ0) is 19.8. The predicted molar refractivity (Wildman–Crippen MR) is 103 cm³/mol. The molecule has 1 aliphatic rings. The Balaban J connectivity index is 1.72. The van der Waals surface area contributed by atoms with Gasteiger partial charge in [0.05, 0.1) is 18.1 Å². The van der Waals surface area contributed by atoms with Crippen LogP contribution in [-0.4, -0.2) is 26.3 Å². The molecular weight excluding hydrogens is 358 g/mol. The third-order valence-electron chi connectivity index (χ3n) is 5.08. The van der Waals surface area contributed by atoms with E-state index in [1.165, 1.54) is 36.4 Å². The summed E-state index contributed by atoms with van der Waals surface area (Å²) >= 11 is 0. The van der Waals surface area contributed by atoms with E-state index < -0.39 is 18.1 Å². The van der Waals surface area contributed by atoms with Crippen molar-refractivity contribution in [1.29, 1.82) is 0 Å². The number of aliphatic hydroxyl groups is 1. The number of carbonyl (C=O) groups excluding carboxylic acids is 1. The monoisotopic (exact) mass is 377 g/mol. The van der Waals surface area contributed by atoms with Gasteiger partial charge in [0.2, 0.25) is 5.91 Å². The van der Waals surface area contributed by atoms with Gasteiger partial charge in [0.25, 0.3) is 0 Å². The molecule has 0 bridgehead atoms. The number of aromatic hydroxyl groups is 3. The van der Waals surface area contributed by atoms with Crippen molar-refractivity contribution >= 4 is 11.6 Å². The molecule has 4 rings (SSSR count). The first-order valence-electron chi connectivity index (χ1n) is 8.84. The fourth-order valence-electron chi connectivity index (χ4n) is 3.63. The SMILES string of the molecule is O=C1[C@@H](C(O)c2ccc(O)cc2)[C@H](c2ccc(O)cc2)N1c1ccc(O)cc1. The summed E-state index contributed by atoms with van der Waals surface area (Å²) in [5, 5.41) is 39.5. The lowest BCUT2D eigenvalue weighted by Crippen LogP contribution is -2.57. The summed E-state index contributed by atoms with van der Waals surface area (Å²) in [6.45, 7) is 0. The van der Waals surface area contributed by atoms with Gasteiger partial charge in [0.15, 0.2) is 0 Å². The molecule has 1 heterocycles. The number of anilines is 1. The Hall–Kier alpha value is -3.51. The maximum Gasteiger partial charge on any atom is 0.236 e. The molecule has 0 radical (unpaired) electrons. The van der Waals surface area contributed by atoms with Crippen LogP contribution in [0.3, 0.4) is 0 Å². The number of β-lactam (4-membered cyclic amide) rings is 1. The van der Waals surface area contributed by atoms with Crippen LogP contribution in [0, 0.1) is 5.92 Å². The number of carbonyl (C=O) groups is 1. The third-order valence-corrected chi connectivity index (χ3v) is 5.08. The van der Waals surface area contributed by atoms with Crippen molar-refractivity contribution in [2.45, 2.75) is 12.1 Å². The Morgan fingerprint density at radius 1 is 0.714 bits per heavy atom. The number of hydrogen-bond donors (Lipinski definition) is 4. The maximum atomic E-state index is 13.0. The van der Waals surface area contributed by atoms with Gasteiger partial charge in [0.1, 0.15) is 17.2 Å². The second-order valence-electron chi connectivity index (χ2n) is 6.82. The fourth-order valence-corrected chi connectivity index (χ4v) is 3.63. The molecule has 0 spiro atoms. The minimum absolute atomic E-state index is 0.0803. The molecule has 3 aromatic rings. The average molecular weight is 377 g/mol. The van der Waals surface area contributed by atoms with Crippen molar-refractivity contribution in [2.75, 3.05) is 4.90 Å². The molecule has 4 N–H and O–H groups in total. The van der Waals surface area contributed by atoms with Crippen molar-refractivity contribution in [1.82, 2.24) is 0 Å². The molecule has 1 saturated heterocycles. The van der Waals surface area contributed by atoms with Crippen LogP contribution < -0.4 is 4.90 Å². The molecule has 3 atom stereocenters. The van der Waals surface area contributed by atoms with Crippen LogP contribution >= 0.6 is 0 Å². The molecule has 1 unspecified atom stereocenters. The Kier molecular flexibility index (Phi) is 4.41. The highest BCUT2D eigenvalue weighted by atomic mass is 16.3. The van der Waals surface area contributed by atoms with Crippen LogP contribution in [0.5, 0.6) is 17.2 Å². The zero-order valence-corrected chi connectivity index (χ0v) is 14.8. The molecule has 6 heteroatoms. The predicted octanol–water partition coefficient (Wildman–Crippen LogP) is 3.24. The molecule has 1 amide bonds. The number of aliphatic hydroxyl groups excluding tert-OH is 1. The van der Waals surface area contributed by atoms with Crippen LogP contribution in [0.2, 0.25) is 0 Å². The van der Waals surface area contributed by atoms with Crippen molar-refractivity contribution in [2.24, 2.45) is 5.92 Å². The van der Waals surface area contributed by atoms with Gasteiger partial charge in [-0.2, -0.15) is 0 Å². The first-order valence-corrected chi connectivity index (χ1v) is 8.84. The van der Waals surface area contributed by atoms with Gasteiger partial charge in [-0.05, 0) is 59.7 Å². The molecular formula is C22H19NO5. The number of hydrogen-bond acceptors (Lipinski definition) is 5. The number of benzene rings is 3. The normalized spacial score (nSPS) is 19.9. The highest BCUT2D eigenvalue weighted by molar-refractivity contribution is 6.03. The molecule has 142 valence electrons. The molecule has 3 aromatic carbocycles. The number of phenolic OH excluding ortho intramolecular Hbond substituents is 3. The van der Waals surface area contributed by atoms with E-state index in [0.29, 0.717) is 11.3 Å². The van der Waals surface area contributed by atoms with Gasteiger partial charge in [-0.15, -0.1) is 0 Å². The Labute approximate surface area is 161 Å². The number of phenols is 3. The molecule has 6 nitrogen and oxygen atoms in total. The quantitative estimate of drug-likeness (QED) is 0.523. The van der Waals surface area contributed by atoms with Crippen LogP contribution in [0.4, 0.5) is 5.69 Å². The molecule has 0 aliphatic carbocycles. The topological polar surface area (TPSA) is 101 Å². The number of rotatable bonds is 4. The summed E-state index contributed by atoms with van der Waals surface area (Å²) < 4.78 is 0. The Morgan fingerprint density at radius 3 is 1.71 bits per heavy atom. The van der Waals surface area contributed by atoms with Crippen molar-refractivity contribution in [3.8, 4) is 17.2 Å². The van der Waals surface area contributed by atoms with E-state index in [-0.39, 0.29) is 23.2 Å². The molecule has 1 fully saturated rings. The fraction of sp³-hybridized carbons (Fsp3) is 0.136. The number of nitrogens with zero attached hydrogens (tertiary/aromatic N) is 1. The highest BCUT2D eigenvalue weighted by Crippen LogP contribution is 2.49. The van der Waals surface area contributed by atoms with E-state index >= 15 is 0 Å². The average Bonchev–Trinajstić information content (AvgIpc) is 2.69. The minimum Gasteiger partial charge on any atom is -0.508 e. The second-order valence-corrected chi connectivity index (χ2v) is 6.82. The summed E-state index contributed by atoms with van der Waals surface area (Å²) in [7, 11) is 0. The summed E-state index contributed by atoms with van der Waals surface area (Å²) in [6.07, 6.45) is -1.06. The van der Waals surface area contributed by atoms with Gasteiger partial charge >= 0.3 is 0 Å². The van der Waals surface area contributed by atoms with E-state index in [9.17, 15) is 25.2 Å². The van der Waals surface area contributed by atoms with E-state index in [1.54, 1.807) is 41.3 Å². The van der Waals surface area contributed by atoms with Gasteiger partial charge in [-0.25, -0.2) is 0 Å². The highest BCUT2D eigenvalue weighted by Gasteiger charge is 2.52. The third kappa shape index (κ3) is 3.04. The van der Waals surface area contributed by atoms with Crippen molar-refractivity contribution in [3.05, 3.63) is 83.9 Å². The zero-order valence-electron chi connectivity index (χ0n) is 14.8. The lowest BCUT2D eigenvalue weighted by molar-refractivity contribution is -0.136. The molecule has 0 aromatic heterocycles. The van der Waals surface area contributed by atoms with Crippen LogP contribution in [0.15, 0.2) is 72.8 Å². The standard InChI is InChI=1S/C22H19NO5/c24-16-7-1-13(2-8-16)20-19(21(27)14-3-9-17(25)10-4-14)22(28)23(20)15-5-11-18(26)12-6-15/h1-12,19-21,24-27H/t19-,20+,21?/m1/s1. The first kappa shape index (κ1) is 17.9. The molecule has 28 heavy (non-hydrogen) atoms. The summed E-state index contributed by atoms with van der Waals surface area (Å²) in [5.41, 5.74) is 1.91. The van der Waals surface area contributed by atoms with Gasteiger partial charge in [-0.1, -0.05) is 24.3 Å². The Bertz CT molecular complexity index is 983. The van der Waals surface area contributed by atoms with Gasteiger partial charge in [0, 0.05) is 5.69 Å². The van der Waals surface area contributed by atoms with Crippen molar-refractivity contribution in [3.63, 3.8) is 0 Å². The first-order chi connectivity index (χ1) is 13.5. The van der Waals surface area contributed by atoms with E-state index in [1.807, 2.05) is 0 Å². The lowest BCUT2D eigenvalue weighted by Gasteiger charge is -2.49. The minimum atomic E-state index is -1.06. The summed E-state index contributed by atoms with van der Waals surface area (Å²) in [5.74, 6) is -0.677. The second kappa shape index (κ2) is 6.90. The van der Waals surface area contributed by atoms with E-state index in [2.05, 4.69) is 0 Å². The largest absolute Gasteiger partial charge is 0.508 e. The van der Waals surface area contributed by atoms with E-state index in [0.717, 1.165) is 5.56 Å². The molecule has 1 aliphatic heterocycles. The van der Waals surface area contributed by atoms with Crippen LogP contribution in [-0.2, 0) is 4.79 Å². The smallest absolute Gasteiger partial charge is 0.236 e. The summed E-state index contributed by atoms with van der Waals surface area (Å²) in [6, 6.07) is 18.5. The van der Waals surface area contributed by atoms with Crippen LogP contribution in [0.1, 0.15) is 23.3 Å². The number of amides is 1. The van der Waals surface area contributed by atoms with Crippen LogP contribution in [0.25, 0.3) is 0 Å². The summed E-state index contributed by atoms with van der Waals surface area (Å²) in [4.78, 5) is 14.6. The lowest BCUT2D eigenvalue weighted by atomic mass is 9.76. The van der Waals surface area contributed by atoms with Gasteiger partial charge in [-0.3, -0.25) is 4.79 Å². The van der Waals surface area contributed by atoms with Gasteiger partial charge < -0.3 is 25.3 Å².